The number of thioether (sulfide) groups is 1. The summed E-state index contributed by atoms with van der Waals surface area (Å²) in [5, 5.41) is 12.1. The number of aliphatic carboxylic acids is 1. The Balaban J connectivity index is 2.67. The molecule has 1 rings (SSSR count). The van der Waals surface area contributed by atoms with Gasteiger partial charge in [-0.2, -0.15) is 24.4 Å². The van der Waals surface area contributed by atoms with Crippen molar-refractivity contribution in [3.05, 3.63) is 35.4 Å². The van der Waals surface area contributed by atoms with Gasteiger partial charge in [0, 0.05) is 22.7 Å². The van der Waals surface area contributed by atoms with Crippen molar-refractivity contribution < 1.29 is 14.7 Å². The molecular weight excluding hydrogens is 354 g/mol. The molecule has 25 heavy (non-hydrogen) atoms. The van der Waals surface area contributed by atoms with E-state index in [1.54, 1.807) is 6.92 Å². The summed E-state index contributed by atoms with van der Waals surface area (Å²) in [5.41, 5.74) is 2.53. The molecule has 1 amide bonds. The van der Waals surface area contributed by atoms with Crippen LogP contribution in [0.25, 0.3) is 0 Å². The summed E-state index contributed by atoms with van der Waals surface area (Å²) >= 11 is 5.60. The SMILES string of the molecule is CC(SC[C@H](NC(=O)[C@@H](C)CS)C(=O)O)c1ccc(C(C)(C)C)cc1. The Morgan fingerprint density at radius 3 is 2.20 bits per heavy atom. The van der Waals surface area contributed by atoms with Gasteiger partial charge in [-0.25, -0.2) is 4.79 Å². The van der Waals surface area contributed by atoms with Gasteiger partial charge in [0.1, 0.15) is 6.04 Å². The summed E-state index contributed by atoms with van der Waals surface area (Å²) in [6.07, 6.45) is 0. The summed E-state index contributed by atoms with van der Waals surface area (Å²) in [4.78, 5) is 23.3. The van der Waals surface area contributed by atoms with Crippen LogP contribution in [0.4, 0.5) is 0 Å². The van der Waals surface area contributed by atoms with Crippen LogP contribution in [0.15, 0.2) is 24.3 Å². The minimum Gasteiger partial charge on any atom is -0.480 e. The van der Waals surface area contributed by atoms with E-state index >= 15 is 0 Å². The van der Waals surface area contributed by atoms with Crippen LogP contribution < -0.4 is 5.32 Å². The Morgan fingerprint density at radius 2 is 1.76 bits per heavy atom. The van der Waals surface area contributed by atoms with Crippen LogP contribution >= 0.6 is 24.4 Å². The summed E-state index contributed by atoms with van der Waals surface area (Å²) in [7, 11) is 0. The number of thiol groups is 1. The lowest BCUT2D eigenvalue weighted by Crippen LogP contribution is -2.45. The molecule has 1 unspecified atom stereocenters. The molecule has 3 atom stereocenters. The van der Waals surface area contributed by atoms with Crippen LogP contribution in [0, 0.1) is 5.92 Å². The average Bonchev–Trinajstić information content (AvgIpc) is 2.56. The molecule has 1 aromatic carbocycles. The standard InChI is InChI=1S/C19H29NO3S2/c1-12(10-24)17(21)20-16(18(22)23)11-25-13(2)14-6-8-15(9-7-14)19(3,4)5/h6-9,12-13,16,24H,10-11H2,1-5H3,(H,20,21)(H,22,23)/t12-,13?,16-/m0/s1. The van der Waals surface area contributed by atoms with E-state index in [4.69, 9.17) is 0 Å². The van der Waals surface area contributed by atoms with E-state index < -0.39 is 12.0 Å². The first-order chi connectivity index (χ1) is 11.6. The zero-order valence-corrected chi connectivity index (χ0v) is 17.3. The number of nitrogens with one attached hydrogen (secondary N) is 1. The quantitative estimate of drug-likeness (QED) is 0.596. The third-order valence-corrected chi connectivity index (χ3v) is 5.94. The summed E-state index contributed by atoms with van der Waals surface area (Å²) in [6, 6.07) is 7.54. The molecule has 0 heterocycles. The van der Waals surface area contributed by atoms with Crippen molar-refractivity contribution in [1.82, 2.24) is 5.32 Å². The maximum Gasteiger partial charge on any atom is 0.327 e. The lowest BCUT2D eigenvalue weighted by molar-refractivity contribution is -0.141. The van der Waals surface area contributed by atoms with Crippen molar-refractivity contribution in [3.8, 4) is 0 Å². The molecule has 0 radical (unpaired) electrons. The molecule has 0 spiro atoms. The number of hydrogen-bond donors (Lipinski definition) is 3. The lowest BCUT2D eigenvalue weighted by Gasteiger charge is -2.21. The molecule has 2 N–H and O–H groups in total. The number of rotatable bonds is 8. The highest BCUT2D eigenvalue weighted by Crippen LogP contribution is 2.31. The third-order valence-electron chi connectivity index (χ3n) is 4.10. The molecule has 0 fully saturated rings. The highest BCUT2D eigenvalue weighted by molar-refractivity contribution is 7.99. The number of hydrogen-bond acceptors (Lipinski definition) is 4. The second-order valence-corrected chi connectivity index (χ2v) is 9.07. The minimum absolute atomic E-state index is 0.108. The first-order valence-electron chi connectivity index (χ1n) is 8.42. The molecule has 0 saturated heterocycles. The number of carbonyl (C=O) groups is 2. The van der Waals surface area contributed by atoms with E-state index in [0.29, 0.717) is 11.5 Å². The molecular formula is C19H29NO3S2. The van der Waals surface area contributed by atoms with E-state index in [9.17, 15) is 14.7 Å². The fraction of sp³-hybridized carbons (Fsp3) is 0.579. The largest absolute Gasteiger partial charge is 0.480 e. The number of benzene rings is 1. The predicted molar refractivity (Wildman–Crippen MR) is 109 cm³/mol. The molecule has 0 saturated carbocycles. The molecule has 6 heteroatoms. The van der Waals surface area contributed by atoms with Crippen molar-refractivity contribution in [2.24, 2.45) is 5.92 Å². The first kappa shape index (κ1) is 21.9. The van der Waals surface area contributed by atoms with E-state index in [1.165, 1.54) is 17.3 Å². The maximum atomic E-state index is 11.9. The van der Waals surface area contributed by atoms with Gasteiger partial charge in [-0.15, -0.1) is 0 Å². The Hall–Kier alpha value is -1.14. The smallest absolute Gasteiger partial charge is 0.327 e. The average molecular weight is 384 g/mol. The first-order valence-corrected chi connectivity index (χ1v) is 10.1. The zero-order chi connectivity index (χ0) is 19.2. The van der Waals surface area contributed by atoms with E-state index in [2.05, 4.69) is 63.0 Å². The van der Waals surface area contributed by atoms with Gasteiger partial charge >= 0.3 is 5.97 Å². The van der Waals surface area contributed by atoms with Crippen molar-refractivity contribution in [2.75, 3.05) is 11.5 Å². The van der Waals surface area contributed by atoms with Gasteiger partial charge in [0.15, 0.2) is 0 Å². The van der Waals surface area contributed by atoms with Crippen LogP contribution in [0.2, 0.25) is 0 Å². The highest BCUT2D eigenvalue weighted by Gasteiger charge is 2.23. The predicted octanol–water partition coefficient (Wildman–Crippen LogP) is 3.91. The summed E-state index contributed by atoms with van der Waals surface area (Å²) in [5.74, 6) is -0.880. The number of carboxylic acids is 1. The van der Waals surface area contributed by atoms with Gasteiger partial charge in [0.2, 0.25) is 5.91 Å². The van der Waals surface area contributed by atoms with Crippen molar-refractivity contribution in [2.45, 2.75) is 51.3 Å². The molecule has 140 valence electrons. The van der Waals surface area contributed by atoms with Gasteiger partial charge in [0.25, 0.3) is 0 Å². The van der Waals surface area contributed by atoms with Gasteiger partial charge in [-0.05, 0) is 23.5 Å². The van der Waals surface area contributed by atoms with Crippen molar-refractivity contribution in [3.63, 3.8) is 0 Å². The molecule has 0 aromatic heterocycles. The molecule has 0 aliphatic heterocycles. The topological polar surface area (TPSA) is 66.4 Å². The summed E-state index contributed by atoms with van der Waals surface area (Å²) in [6.45, 7) is 10.3. The fourth-order valence-electron chi connectivity index (χ4n) is 2.16. The normalized spacial score (nSPS) is 15.3. The second-order valence-electron chi connectivity index (χ2n) is 7.33. The van der Waals surface area contributed by atoms with Gasteiger partial charge in [-0.1, -0.05) is 52.0 Å². The van der Waals surface area contributed by atoms with Crippen LogP contribution in [-0.4, -0.2) is 34.5 Å². The minimum atomic E-state index is -1.01. The molecule has 4 nitrogen and oxygen atoms in total. The van der Waals surface area contributed by atoms with Gasteiger partial charge in [0.05, 0.1) is 0 Å². The lowest BCUT2D eigenvalue weighted by atomic mass is 9.86. The molecule has 1 aromatic rings. The monoisotopic (exact) mass is 383 g/mol. The number of amides is 1. The van der Waals surface area contributed by atoms with Crippen LogP contribution in [-0.2, 0) is 15.0 Å². The van der Waals surface area contributed by atoms with E-state index in [-0.39, 0.29) is 22.5 Å². The number of carbonyl (C=O) groups excluding carboxylic acids is 1. The van der Waals surface area contributed by atoms with Crippen LogP contribution in [0.5, 0.6) is 0 Å². The van der Waals surface area contributed by atoms with E-state index in [1.807, 2.05) is 6.92 Å². The van der Waals surface area contributed by atoms with Crippen LogP contribution in [0.3, 0.4) is 0 Å². The molecule has 0 aliphatic carbocycles. The van der Waals surface area contributed by atoms with Crippen molar-refractivity contribution in [1.29, 1.82) is 0 Å². The number of carboxylic acid groups (broad SMARTS) is 1. The Labute approximate surface area is 160 Å². The van der Waals surface area contributed by atoms with Crippen LogP contribution in [0.1, 0.15) is 51.0 Å². The van der Waals surface area contributed by atoms with Crippen molar-refractivity contribution >= 4 is 36.3 Å². The Kier molecular flexibility index (Phi) is 8.35. The Bertz CT molecular complexity index is 581. The fourth-order valence-corrected chi connectivity index (χ4v) is 3.38. The second kappa shape index (κ2) is 9.53. The molecule has 0 bridgehead atoms. The third kappa shape index (κ3) is 6.94. The molecule has 0 aliphatic rings. The maximum absolute atomic E-state index is 11.9. The highest BCUT2D eigenvalue weighted by atomic mass is 32.2. The summed E-state index contributed by atoms with van der Waals surface area (Å²) < 4.78 is 0. The van der Waals surface area contributed by atoms with Gasteiger partial charge < -0.3 is 10.4 Å². The van der Waals surface area contributed by atoms with E-state index in [0.717, 1.165) is 5.56 Å². The zero-order valence-electron chi connectivity index (χ0n) is 15.6. The Morgan fingerprint density at radius 1 is 1.20 bits per heavy atom. The van der Waals surface area contributed by atoms with Gasteiger partial charge in [-0.3, -0.25) is 4.79 Å².